The van der Waals surface area contributed by atoms with Crippen LogP contribution in [0.25, 0.3) is 0 Å². The summed E-state index contributed by atoms with van der Waals surface area (Å²) < 4.78 is 10.9. The summed E-state index contributed by atoms with van der Waals surface area (Å²) in [7, 11) is 3.38. The van der Waals surface area contributed by atoms with Crippen LogP contribution in [-0.2, 0) is 12.8 Å². The van der Waals surface area contributed by atoms with Gasteiger partial charge in [0.2, 0.25) is 0 Å². The molecule has 0 saturated heterocycles. The first-order valence-electron chi connectivity index (χ1n) is 8.45. The number of nitrogens with zero attached hydrogens (tertiary/aromatic N) is 1. The van der Waals surface area contributed by atoms with Gasteiger partial charge in [-0.25, -0.2) is 0 Å². The molecule has 0 bridgehead atoms. The van der Waals surface area contributed by atoms with Crippen molar-refractivity contribution in [1.82, 2.24) is 4.90 Å². The molecule has 25 heavy (non-hydrogen) atoms. The van der Waals surface area contributed by atoms with Crippen molar-refractivity contribution in [3.05, 3.63) is 53.1 Å². The number of hydrogen-bond donors (Lipinski definition) is 1. The van der Waals surface area contributed by atoms with E-state index in [4.69, 9.17) is 15.2 Å². The minimum atomic E-state index is 0. The van der Waals surface area contributed by atoms with Crippen molar-refractivity contribution in [2.45, 2.75) is 25.8 Å². The molecule has 0 spiro atoms. The lowest BCUT2D eigenvalue weighted by Gasteiger charge is -2.35. The molecule has 0 aromatic heterocycles. The van der Waals surface area contributed by atoms with Gasteiger partial charge in [-0.2, -0.15) is 0 Å². The van der Waals surface area contributed by atoms with E-state index in [1.165, 1.54) is 16.7 Å². The Labute approximate surface area is 156 Å². The number of anilines is 1. The van der Waals surface area contributed by atoms with Gasteiger partial charge in [-0.15, -0.1) is 12.4 Å². The van der Waals surface area contributed by atoms with Crippen molar-refractivity contribution in [1.29, 1.82) is 0 Å². The molecule has 0 radical (unpaired) electrons. The first-order chi connectivity index (χ1) is 11.6. The molecule has 136 valence electrons. The van der Waals surface area contributed by atoms with Crippen LogP contribution in [0, 0.1) is 0 Å². The van der Waals surface area contributed by atoms with Crippen LogP contribution in [0.4, 0.5) is 5.69 Å². The second-order valence-electron chi connectivity index (χ2n) is 6.36. The Morgan fingerprint density at radius 2 is 1.72 bits per heavy atom. The number of nitrogens with two attached hydrogens (primary N) is 1. The van der Waals surface area contributed by atoms with Crippen molar-refractivity contribution in [3.8, 4) is 11.5 Å². The fourth-order valence-electron chi connectivity index (χ4n) is 3.46. The molecular formula is C20H27ClN2O2. The van der Waals surface area contributed by atoms with E-state index in [9.17, 15) is 0 Å². The number of hydrogen-bond acceptors (Lipinski definition) is 4. The van der Waals surface area contributed by atoms with E-state index < -0.39 is 0 Å². The average Bonchev–Trinajstić information content (AvgIpc) is 2.61. The van der Waals surface area contributed by atoms with Crippen LogP contribution in [0.3, 0.4) is 0 Å². The van der Waals surface area contributed by atoms with Crippen molar-refractivity contribution in [2.75, 3.05) is 33.0 Å². The number of ether oxygens (including phenoxy) is 2. The number of methoxy groups -OCH3 is 2. The highest BCUT2D eigenvalue weighted by Crippen LogP contribution is 2.37. The lowest BCUT2D eigenvalue weighted by Crippen LogP contribution is -2.35. The smallest absolute Gasteiger partial charge is 0.161 e. The van der Waals surface area contributed by atoms with Gasteiger partial charge in [-0.05, 0) is 60.7 Å². The van der Waals surface area contributed by atoms with Gasteiger partial charge in [-0.3, -0.25) is 4.90 Å². The third kappa shape index (κ3) is 4.20. The van der Waals surface area contributed by atoms with Crippen molar-refractivity contribution >= 4 is 18.1 Å². The Balaban J connectivity index is 0.00000225. The van der Waals surface area contributed by atoms with Crippen LogP contribution in [0.15, 0.2) is 36.4 Å². The largest absolute Gasteiger partial charge is 0.493 e. The summed E-state index contributed by atoms with van der Waals surface area (Å²) in [6.07, 6.45) is 2.08. The molecule has 1 aliphatic rings. The number of fused-ring (bicyclic) bond motifs is 1. The third-order valence-corrected chi connectivity index (χ3v) is 4.98. The zero-order chi connectivity index (χ0) is 17.1. The molecule has 0 aliphatic carbocycles. The Bertz CT molecular complexity index is 704. The molecular weight excluding hydrogens is 336 g/mol. The monoisotopic (exact) mass is 362 g/mol. The number of benzene rings is 2. The molecule has 1 aliphatic heterocycles. The number of halogens is 1. The van der Waals surface area contributed by atoms with Gasteiger partial charge in [0.15, 0.2) is 11.5 Å². The molecule has 2 N–H and O–H groups in total. The van der Waals surface area contributed by atoms with Crippen LogP contribution in [0.5, 0.6) is 11.5 Å². The lowest BCUT2D eigenvalue weighted by molar-refractivity contribution is 0.200. The van der Waals surface area contributed by atoms with Crippen molar-refractivity contribution in [2.24, 2.45) is 0 Å². The molecule has 5 heteroatoms. The standard InChI is InChI=1S/C20H26N2O2.ClH/c1-14-18-13-20(24-3)19(23-2)12-16(18)9-11-22(14)10-8-15-4-6-17(21)7-5-15;/h4-7,12-14H,8-11,21H2,1-3H3;1H. The van der Waals surface area contributed by atoms with Crippen molar-refractivity contribution < 1.29 is 9.47 Å². The highest BCUT2D eigenvalue weighted by atomic mass is 35.5. The van der Waals surface area contributed by atoms with Crippen LogP contribution >= 0.6 is 12.4 Å². The topological polar surface area (TPSA) is 47.7 Å². The van der Waals surface area contributed by atoms with Crippen LogP contribution in [0.1, 0.15) is 29.7 Å². The molecule has 1 heterocycles. The summed E-state index contributed by atoms with van der Waals surface area (Å²) in [5, 5.41) is 0. The van der Waals surface area contributed by atoms with E-state index in [1.54, 1.807) is 14.2 Å². The maximum absolute atomic E-state index is 5.76. The minimum absolute atomic E-state index is 0. The SMILES string of the molecule is COc1cc2c(cc1OC)C(C)N(CCc1ccc(N)cc1)CC2.Cl. The molecule has 2 aromatic rings. The highest BCUT2D eigenvalue weighted by Gasteiger charge is 2.25. The van der Waals surface area contributed by atoms with Gasteiger partial charge < -0.3 is 15.2 Å². The number of nitrogen functional groups attached to an aromatic ring is 1. The van der Waals surface area contributed by atoms with Crippen molar-refractivity contribution in [3.63, 3.8) is 0 Å². The maximum atomic E-state index is 5.76. The molecule has 0 saturated carbocycles. The molecule has 4 nitrogen and oxygen atoms in total. The summed E-state index contributed by atoms with van der Waals surface area (Å²) in [6.45, 7) is 4.38. The lowest BCUT2D eigenvalue weighted by atomic mass is 9.92. The Kier molecular flexibility index (Phi) is 6.57. The van der Waals surface area contributed by atoms with Gasteiger partial charge in [-0.1, -0.05) is 12.1 Å². The first-order valence-corrected chi connectivity index (χ1v) is 8.45. The summed E-state index contributed by atoms with van der Waals surface area (Å²) in [5.41, 5.74) is 10.6. The summed E-state index contributed by atoms with van der Waals surface area (Å²) in [5.74, 6) is 1.63. The van der Waals surface area contributed by atoms with E-state index in [1.807, 2.05) is 12.1 Å². The zero-order valence-corrected chi connectivity index (χ0v) is 15.9. The fraction of sp³-hybridized carbons (Fsp3) is 0.400. The van der Waals surface area contributed by atoms with Gasteiger partial charge in [0, 0.05) is 24.8 Å². The molecule has 0 amide bonds. The van der Waals surface area contributed by atoms with Gasteiger partial charge >= 0.3 is 0 Å². The Morgan fingerprint density at radius 3 is 2.36 bits per heavy atom. The summed E-state index contributed by atoms with van der Waals surface area (Å²) in [6, 6.07) is 12.8. The third-order valence-electron chi connectivity index (χ3n) is 4.98. The minimum Gasteiger partial charge on any atom is -0.493 e. The summed E-state index contributed by atoms with van der Waals surface area (Å²) >= 11 is 0. The second-order valence-corrected chi connectivity index (χ2v) is 6.36. The predicted octanol–water partition coefficient (Wildman–Crippen LogP) is 3.87. The predicted molar refractivity (Wildman–Crippen MR) is 105 cm³/mol. The Hall–Kier alpha value is -1.91. The molecule has 1 unspecified atom stereocenters. The molecule has 3 rings (SSSR count). The van der Waals surface area contributed by atoms with Gasteiger partial charge in [0.1, 0.15) is 0 Å². The van der Waals surface area contributed by atoms with Crippen LogP contribution in [-0.4, -0.2) is 32.2 Å². The molecule has 0 fully saturated rings. The normalized spacial score (nSPS) is 16.7. The Morgan fingerprint density at radius 1 is 1.08 bits per heavy atom. The van der Waals surface area contributed by atoms with E-state index in [0.717, 1.165) is 43.1 Å². The second kappa shape index (κ2) is 8.45. The summed E-state index contributed by atoms with van der Waals surface area (Å²) in [4.78, 5) is 2.53. The van der Waals surface area contributed by atoms with Crippen LogP contribution in [0.2, 0.25) is 0 Å². The fourth-order valence-corrected chi connectivity index (χ4v) is 3.46. The first kappa shape index (κ1) is 19.4. The maximum Gasteiger partial charge on any atom is 0.161 e. The van der Waals surface area contributed by atoms with E-state index in [0.29, 0.717) is 6.04 Å². The molecule has 2 aromatic carbocycles. The number of rotatable bonds is 5. The van der Waals surface area contributed by atoms with Gasteiger partial charge in [0.25, 0.3) is 0 Å². The van der Waals surface area contributed by atoms with E-state index in [2.05, 4.69) is 36.1 Å². The van der Waals surface area contributed by atoms with Gasteiger partial charge in [0.05, 0.1) is 14.2 Å². The average molecular weight is 363 g/mol. The molecule has 1 atom stereocenters. The van der Waals surface area contributed by atoms with Crippen LogP contribution < -0.4 is 15.2 Å². The van der Waals surface area contributed by atoms with E-state index in [-0.39, 0.29) is 12.4 Å². The highest BCUT2D eigenvalue weighted by molar-refractivity contribution is 5.85. The zero-order valence-electron chi connectivity index (χ0n) is 15.1. The van der Waals surface area contributed by atoms with E-state index >= 15 is 0 Å². The quantitative estimate of drug-likeness (QED) is 0.820.